The fraction of sp³-hybridized carbons (Fsp3) is 0.923. The van der Waals surface area contributed by atoms with Crippen molar-refractivity contribution >= 4 is 16.0 Å². The Labute approximate surface area is 122 Å². The molecule has 2 aliphatic heterocycles. The summed E-state index contributed by atoms with van der Waals surface area (Å²) in [4.78, 5) is 6.57. The molecule has 0 atom stereocenters. The Morgan fingerprint density at radius 3 is 2.45 bits per heavy atom. The number of aliphatic imine (C=N–C) groups is 1. The average molecular weight is 302 g/mol. The first-order chi connectivity index (χ1) is 9.42. The summed E-state index contributed by atoms with van der Waals surface area (Å²) in [5.74, 6) is 1.89. The van der Waals surface area contributed by atoms with Crippen molar-refractivity contribution in [2.45, 2.75) is 26.7 Å². The van der Waals surface area contributed by atoms with E-state index in [1.165, 1.54) is 17.1 Å². The van der Waals surface area contributed by atoms with E-state index >= 15 is 0 Å². The molecule has 116 valence electrons. The Kier molecular flexibility index (Phi) is 4.90. The number of sulfonamides is 1. The normalized spacial score (nSPS) is 23.9. The number of piperidine rings is 1. The fourth-order valence-corrected chi connectivity index (χ4v) is 3.85. The SMILES string of the molecule is CCS(=O)(=O)N1CC(CN=C(N)N2CCC(C)CC2)C1. The molecule has 0 saturated carbocycles. The molecule has 0 aromatic rings. The minimum absolute atomic E-state index is 0.178. The zero-order valence-corrected chi connectivity index (χ0v) is 13.3. The summed E-state index contributed by atoms with van der Waals surface area (Å²) in [6.07, 6.45) is 2.34. The number of hydrogen-bond acceptors (Lipinski definition) is 3. The van der Waals surface area contributed by atoms with Crippen LogP contribution in [0.1, 0.15) is 26.7 Å². The number of nitrogens with two attached hydrogens (primary N) is 1. The van der Waals surface area contributed by atoms with E-state index < -0.39 is 10.0 Å². The molecule has 2 N–H and O–H groups in total. The highest BCUT2D eigenvalue weighted by Crippen LogP contribution is 2.20. The van der Waals surface area contributed by atoms with Crippen molar-refractivity contribution in [1.82, 2.24) is 9.21 Å². The van der Waals surface area contributed by atoms with Gasteiger partial charge < -0.3 is 10.6 Å². The Hall–Kier alpha value is -0.820. The van der Waals surface area contributed by atoms with Crippen molar-refractivity contribution in [2.24, 2.45) is 22.6 Å². The third kappa shape index (κ3) is 3.63. The molecule has 0 aromatic heterocycles. The quantitative estimate of drug-likeness (QED) is 0.599. The van der Waals surface area contributed by atoms with Crippen molar-refractivity contribution < 1.29 is 8.42 Å². The second kappa shape index (κ2) is 6.30. The molecule has 0 bridgehead atoms. The zero-order chi connectivity index (χ0) is 14.8. The predicted molar refractivity (Wildman–Crippen MR) is 81.0 cm³/mol. The highest BCUT2D eigenvalue weighted by atomic mass is 32.2. The molecule has 2 fully saturated rings. The van der Waals surface area contributed by atoms with E-state index in [9.17, 15) is 8.42 Å². The third-order valence-corrected chi connectivity index (χ3v) is 6.12. The molecule has 2 aliphatic rings. The summed E-state index contributed by atoms with van der Waals surface area (Å²) in [6, 6.07) is 0. The van der Waals surface area contributed by atoms with Crippen LogP contribution >= 0.6 is 0 Å². The van der Waals surface area contributed by atoms with Gasteiger partial charge in [-0.05, 0) is 25.7 Å². The lowest BCUT2D eigenvalue weighted by Gasteiger charge is -2.37. The molecule has 2 heterocycles. The van der Waals surface area contributed by atoms with E-state index in [1.54, 1.807) is 6.92 Å². The van der Waals surface area contributed by atoms with E-state index in [0.29, 0.717) is 31.5 Å². The van der Waals surface area contributed by atoms with Crippen LogP contribution in [0, 0.1) is 11.8 Å². The Bertz CT molecular complexity index is 449. The summed E-state index contributed by atoms with van der Waals surface area (Å²) in [5.41, 5.74) is 6.01. The molecule has 0 aliphatic carbocycles. The van der Waals surface area contributed by atoms with Crippen molar-refractivity contribution in [2.75, 3.05) is 38.5 Å². The van der Waals surface area contributed by atoms with E-state index in [-0.39, 0.29) is 5.75 Å². The molecule has 20 heavy (non-hydrogen) atoms. The summed E-state index contributed by atoms with van der Waals surface area (Å²) in [5, 5.41) is 0. The topological polar surface area (TPSA) is 79.0 Å². The van der Waals surface area contributed by atoms with Crippen LogP contribution in [0.5, 0.6) is 0 Å². The molecule has 2 rings (SSSR count). The molecule has 0 spiro atoms. The van der Waals surface area contributed by atoms with Crippen LogP contribution in [0.4, 0.5) is 0 Å². The molecule has 2 saturated heterocycles. The van der Waals surface area contributed by atoms with Crippen molar-refractivity contribution in [1.29, 1.82) is 0 Å². The third-order valence-electron chi connectivity index (χ3n) is 4.30. The second-order valence-electron chi connectivity index (χ2n) is 5.95. The molecule has 6 nitrogen and oxygen atoms in total. The Morgan fingerprint density at radius 2 is 1.90 bits per heavy atom. The van der Waals surface area contributed by atoms with Gasteiger partial charge in [-0.3, -0.25) is 4.99 Å². The van der Waals surface area contributed by atoms with Crippen LogP contribution in [0.2, 0.25) is 0 Å². The van der Waals surface area contributed by atoms with Crippen LogP contribution < -0.4 is 5.73 Å². The van der Waals surface area contributed by atoms with Gasteiger partial charge in [-0.1, -0.05) is 6.92 Å². The monoisotopic (exact) mass is 302 g/mol. The van der Waals surface area contributed by atoms with Crippen LogP contribution in [0.3, 0.4) is 0 Å². The maximum atomic E-state index is 11.6. The lowest BCUT2D eigenvalue weighted by atomic mass is 9.99. The Balaban J connectivity index is 1.75. The van der Waals surface area contributed by atoms with Crippen LogP contribution in [0.25, 0.3) is 0 Å². The van der Waals surface area contributed by atoms with Crippen molar-refractivity contribution in [3.05, 3.63) is 0 Å². The first-order valence-corrected chi connectivity index (χ1v) is 9.06. The minimum atomic E-state index is -3.02. The van der Waals surface area contributed by atoms with Gasteiger partial charge in [0.2, 0.25) is 10.0 Å². The second-order valence-corrected chi connectivity index (χ2v) is 8.21. The predicted octanol–water partition coefficient (Wildman–Crippen LogP) is 0.315. The van der Waals surface area contributed by atoms with Gasteiger partial charge in [0.15, 0.2) is 5.96 Å². The number of nitrogens with zero attached hydrogens (tertiary/aromatic N) is 3. The number of guanidine groups is 1. The molecule has 7 heteroatoms. The molecule has 0 aromatic carbocycles. The first kappa shape index (κ1) is 15.6. The standard InChI is InChI=1S/C13H26N4O2S/c1-3-20(18,19)17-9-12(10-17)8-15-13(14)16-6-4-11(2)5-7-16/h11-12H,3-10H2,1-2H3,(H2,14,15). The van der Waals surface area contributed by atoms with E-state index in [4.69, 9.17) is 5.73 Å². The molecule has 0 radical (unpaired) electrons. The van der Waals surface area contributed by atoms with Gasteiger partial charge >= 0.3 is 0 Å². The molecular formula is C13H26N4O2S. The van der Waals surface area contributed by atoms with Gasteiger partial charge in [0.1, 0.15) is 0 Å². The minimum Gasteiger partial charge on any atom is -0.370 e. The molecular weight excluding hydrogens is 276 g/mol. The van der Waals surface area contributed by atoms with Gasteiger partial charge in [0.25, 0.3) is 0 Å². The highest BCUT2D eigenvalue weighted by Gasteiger charge is 2.34. The van der Waals surface area contributed by atoms with Gasteiger partial charge in [0, 0.05) is 38.6 Å². The number of hydrogen-bond donors (Lipinski definition) is 1. The lowest BCUT2D eigenvalue weighted by Crippen LogP contribution is -2.52. The van der Waals surface area contributed by atoms with E-state index in [0.717, 1.165) is 19.0 Å². The van der Waals surface area contributed by atoms with Gasteiger partial charge in [-0.25, -0.2) is 12.7 Å². The Morgan fingerprint density at radius 1 is 1.30 bits per heavy atom. The van der Waals surface area contributed by atoms with Gasteiger partial charge in [-0.15, -0.1) is 0 Å². The van der Waals surface area contributed by atoms with E-state index in [2.05, 4.69) is 16.8 Å². The molecule has 0 unspecified atom stereocenters. The maximum absolute atomic E-state index is 11.6. The maximum Gasteiger partial charge on any atom is 0.213 e. The van der Waals surface area contributed by atoms with Gasteiger partial charge in [0.05, 0.1) is 5.75 Å². The van der Waals surface area contributed by atoms with Crippen LogP contribution in [-0.4, -0.2) is 62.1 Å². The first-order valence-electron chi connectivity index (χ1n) is 7.45. The average Bonchev–Trinajstić information content (AvgIpc) is 2.37. The van der Waals surface area contributed by atoms with Crippen LogP contribution in [-0.2, 0) is 10.0 Å². The fourth-order valence-electron chi connectivity index (χ4n) is 2.61. The highest BCUT2D eigenvalue weighted by molar-refractivity contribution is 7.89. The summed E-state index contributed by atoms with van der Waals surface area (Å²) >= 11 is 0. The van der Waals surface area contributed by atoms with Crippen LogP contribution in [0.15, 0.2) is 4.99 Å². The van der Waals surface area contributed by atoms with E-state index in [1.807, 2.05) is 0 Å². The summed E-state index contributed by atoms with van der Waals surface area (Å²) in [6.45, 7) is 7.72. The van der Waals surface area contributed by atoms with Gasteiger partial charge in [-0.2, -0.15) is 0 Å². The number of likely N-dealkylation sites (tertiary alicyclic amines) is 1. The lowest BCUT2D eigenvalue weighted by molar-refractivity contribution is 0.207. The summed E-state index contributed by atoms with van der Waals surface area (Å²) < 4.78 is 24.7. The smallest absolute Gasteiger partial charge is 0.213 e. The number of rotatable bonds is 4. The largest absolute Gasteiger partial charge is 0.370 e. The zero-order valence-electron chi connectivity index (χ0n) is 12.5. The van der Waals surface area contributed by atoms with Crippen molar-refractivity contribution in [3.8, 4) is 0 Å². The van der Waals surface area contributed by atoms with Crippen molar-refractivity contribution in [3.63, 3.8) is 0 Å². The summed E-state index contributed by atoms with van der Waals surface area (Å²) in [7, 11) is -3.02. The molecule has 0 amide bonds.